The molecule has 0 spiro atoms. The van der Waals surface area contributed by atoms with E-state index >= 15 is 0 Å². The van der Waals surface area contributed by atoms with Gasteiger partial charge < -0.3 is 5.32 Å². The van der Waals surface area contributed by atoms with Gasteiger partial charge in [0.2, 0.25) is 0 Å². The lowest BCUT2D eigenvalue weighted by atomic mass is 9.86. The Morgan fingerprint density at radius 1 is 0.556 bits per heavy atom. The molecule has 0 atom stereocenters. The summed E-state index contributed by atoms with van der Waals surface area (Å²) in [4.78, 5) is 0. The predicted octanol–water partition coefficient (Wildman–Crippen LogP) is 6.66. The molecule has 1 heterocycles. The van der Waals surface area contributed by atoms with Crippen molar-refractivity contribution < 1.29 is 0 Å². The molecule has 1 N–H and O–H groups in total. The van der Waals surface area contributed by atoms with Gasteiger partial charge in [0.25, 0.3) is 0 Å². The van der Waals surface area contributed by atoms with E-state index in [4.69, 9.17) is 0 Å². The van der Waals surface area contributed by atoms with Crippen LogP contribution in [-0.2, 0) is 6.42 Å². The Labute approximate surface area is 160 Å². The summed E-state index contributed by atoms with van der Waals surface area (Å²) in [5.41, 5.74) is 10.5. The summed E-state index contributed by atoms with van der Waals surface area (Å²) in [6.45, 7) is 0.993. The Bertz CT molecular complexity index is 1070. The summed E-state index contributed by atoms with van der Waals surface area (Å²) in [7, 11) is 0. The zero-order valence-corrected chi connectivity index (χ0v) is 15.2. The lowest BCUT2D eigenvalue weighted by Crippen LogP contribution is -1.96. The minimum atomic E-state index is 0.993. The molecule has 0 unspecified atom stereocenters. The van der Waals surface area contributed by atoms with Gasteiger partial charge in [0, 0.05) is 17.8 Å². The molecule has 130 valence electrons. The number of fused-ring (bicyclic) bond motifs is 1. The summed E-state index contributed by atoms with van der Waals surface area (Å²) < 4.78 is 0. The molecular weight excluding hydrogens is 326 g/mol. The molecule has 0 saturated carbocycles. The molecule has 0 amide bonds. The van der Waals surface area contributed by atoms with Crippen LogP contribution in [0, 0.1) is 0 Å². The van der Waals surface area contributed by atoms with E-state index < -0.39 is 0 Å². The van der Waals surface area contributed by atoms with Crippen LogP contribution in [-0.4, -0.2) is 6.54 Å². The number of hydrogen-bond acceptors (Lipinski definition) is 1. The van der Waals surface area contributed by atoms with Crippen molar-refractivity contribution in [3.63, 3.8) is 0 Å². The molecule has 5 rings (SSSR count). The fraction of sp³-hybridized carbons (Fsp3) is 0.0769. The SMILES string of the molecule is c1ccc(-c2cc(-c3ccccc3)c(-c3ccccc3)c3c2CCN3)cc1. The second-order valence-corrected chi connectivity index (χ2v) is 6.98. The van der Waals surface area contributed by atoms with Gasteiger partial charge in [0.1, 0.15) is 0 Å². The first kappa shape index (κ1) is 15.9. The van der Waals surface area contributed by atoms with Crippen LogP contribution in [0.2, 0.25) is 0 Å². The van der Waals surface area contributed by atoms with E-state index in [2.05, 4.69) is 102 Å². The van der Waals surface area contributed by atoms with Crippen LogP contribution < -0.4 is 5.32 Å². The first-order valence-electron chi connectivity index (χ1n) is 9.52. The standard InChI is InChI=1S/C26H21N/c1-4-10-19(11-5-1)23-18-24(20-12-6-2-7-13-20)25(21-14-8-3-9-15-21)26-22(23)16-17-27-26/h1-15,18,27H,16-17H2. The number of hydrogen-bond donors (Lipinski definition) is 1. The number of nitrogens with one attached hydrogen (secondary N) is 1. The lowest BCUT2D eigenvalue weighted by Gasteiger charge is -2.19. The van der Waals surface area contributed by atoms with Gasteiger partial charge in [-0.3, -0.25) is 0 Å². The van der Waals surface area contributed by atoms with Crippen molar-refractivity contribution in [2.45, 2.75) is 6.42 Å². The Kier molecular flexibility index (Phi) is 3.99. The summed E-state index contributed by atoms with van der Waals surface area (Å²) in [6, 6.07) is 34.6. The van der Waals surface area contributed by atoms with Gasteiger partial charge in [-0.2, -0.15) is 0 Å². The summed E-state index contributed by atoms with van der Waals surface area (Å²) >= 11 is 0. The van der Waals surface area contributed by atoms with E-state index in [-0.39, 0.29) is 0 Å². The van der Waals surface area contributed by atoms with Crippen molar-refractivity contribution in [3.05, 3.63) is 103 Å². The van der Waals surface area contributed by atoms with E-state index in [0.717, 1.165) is 13.0 Å². The highest BCUT2D eigenvalue weighted by molar-refractivity contribution is 5.98. The Morgan fingerprint density at radius 3 is 1.67 bits per heavy atom. The zero-order chi connectivity index (χ0) is 18.1. The van der Waals surface area contributed by atoms with Crippen LogP contribution in [0.5, 0.6) is 0 Å². The fourth-order valence-electron chi connectivity index (χ4n) is 4.12. The van der Waals surface area contributed by atoms with Gasteiger partial charge >= 0.3 is 0 Å². The normalized spacial score (nSPS) is 12.4. The lowest BCUT2D eigenvalue weighted by molar-refractivity contribution is 1.11. The average Bonchev–Trinajstić information content (AvgIpc) is 3.24. The van der Waals surface area contributed by atoms with Crippen molar-refractivity contribution >= 4 is 5.69 Å². The summed E-state index contributed by atoms with van der Waals surface area (Å²) in [5.74, 6) is 0. The molecule has 27 heavy (non-hydrogen) atoms. The van der Waals surface area contributed by atoms with Crippen molar-refractivity contribution in [2.24, 2.45) is 0 Å². The molecule has 4 aromatic carbocycles. The molecule has 0 bridgehead atoms. The summed E-state index contributed by atoms with van der Waals surface area (Å²) in [6.07, 6.45) is 1.06. The van der Waals surface area contributed by atoms with E-state index in [0.29, 0.717) is 0 Å². The minimum absolute atomic E-state index is 0.993. The molecule has 1 aliphatic heterocycles. The van der Waals surface area contributed by atoms with Gasteiger partial charge in [-0.05, 0) is 45.9 Å². The number of benzene rings is 4. The molecule has 0 radical (unpaired) electrons. The van der Waals surface area contributed by atoms with E-state index in [1.165, 1.54) is 44.6 Å². The van der Waals surface area contributed by atoms with Crippen molar-refractivity contribution in [3.8, 4) is 33.4 Å². The van der Waals surface area contributed by atoms with Crippen LogP contribution in [0.25, 0.3) is 33.4 Å². The molecule has 0 saturated heterocycles. The van der Waals surface area contributed by atoms with Gasteiger partial charge in [0.15, 0.2) is 0 Å². The third-order valence-electron chi connectivity index (χ3n) is 5.34. The fourth-order valence-corrected chi connectivity index (χ4v) is 4.12. The molecule has 4 aromatic rings. The molecule has 0 fully saturated rings. The van der Waals surface area contributed by atoms with Gasteiger partial charge in [-0.25, -0.2) is 0 Å². The maximum Gasteiger partial charge on any atom is 0.0465 e. The van der Waals surface area contributed by atoms with E-state index in [1.54, 1.807) is 0 Å². The maximum atomic E-state index is 3.69. The molecule has 0 aliphatic carbocycles. The third-order valence-corrected chi connectivity index (χ3v) is 5.34. The quantitative estimate of drug-likeness (QED) is 0.437. The van der Waals surface area contributed by atoms with Gasteiger partial charge in [0.05, 0.1) is 0 Å². The Hall–Kier alpha value is -3.32. The predicted molar refractivity (Wildman–Crippen MR) is 115 cm³/mol. The summed E-state index contributed by atoms with van der Waals surface area (Å²) in [5, 5.41) is 3.69. The largest absolute Gasteiger partial charge is 0.384 e. The number of rotatable bonds is 3. The van der Waals surface area contributed by atoms with Crippen LogP contribution in [0.4, 0.5) is 5.69 Å². The Morgan fingerprint density at radius 2 is 1.07 bits per heavy atom. The number of anilines is 1. The van der Waals surface area contributed by atoms with Crippen molar-refractivity contribution in [1.82, 2.24) is 0 Å². The molecular formula is C26H21N. The molecule has 1 heteroatoms. The van der Waals surface area contributed by atoms with Crippen LogP contribution in [0.15, 0.2) is 97.1 Å². The smallest absolute Gasteiger partial charge is 0.0465 e. The van der Waals surface area contributed by atoms with Crippen LogP contribution in [0.3, 0.4) is 0 Å². The topological polar surface area (TPSA) is 12.0 Å². The molecule has 0 aromatic heterocycles. The zero-order valence-electron chi connectivity index (χ0n) is 15.2. The first-order valence-corrected chi connectivity index (χ1v) is 9.52. The average molecular weight is 347 g/mol. The highest BCUT2D eigenvalue weighted by atomic mass is 14.9. The first-order chi connectivity index (χ1) is 13.4. The van der Waals surface area contributed by atoms with Crippen molar-refractivity contribution in [1.29, 1.82) is 0 Å². The van der Waals surface area contributed by atoms with Gasteiger partial charge in [-0.15, -0.1) is 0 Å². The van der Waals surface area contributed by atoms with E-state index in [1.807, 2.05) is 0 Å². The van der Waals surface area contributed by atoms with Gasteiger partial charge in [-0.1, -0.05) is 91.0 Å². The Balaban J connectivity index is 1.85. The van der Waals surface area contributed by atoms with Crippen LogP contribution >= 0.6 is 0 Å². The van der Waals surface area contributed by atoms with E-state index in [9.17, 15) is 0 Å². The highest BCUT2D eigenvalue weighted by Crippen LogP contribution is 2.46. The second-order valence-electron chi connectivity index (χ2n) is 6.98. The van der Waals surface area contributed by atoms with Crippen LogP contribution in [0.1, 0.15) is 5.56 Å². The second kappa shape index (κ2) is 6.77. The molecule has 1 nitrogen and oxygen atoms in total. The molecule has 1 aliphatic rings. The highest BCUT2D eigenvalue weighted by Gasteiger charge is 2.23. The van der Waals surface area contributed by atoms with Crippen molar-refractivity contribution in [2.75, 3.05) is 11.9 Å². The minimum Gasteiger partial charge on any atom is -0.384 e. The third kappa shape index (κ3) is 2.82. The maximum absolute atomic E-state index is 3.69. The monoisotopic (exact) mass is 347 g/mol.